The van der Waals surface area contributed by atoms with Gasteiger partial charge in [-0.1, -0.05) is 35.5 Å². The van der Waals surface area contributed by atoms with Crippen molar-refractivity contribution < 1.29 is 49.8 Å². The zero-order chi connectivity index (χ0) is 27.3. The van der Waals surface area contributed by atoms with Crippen LogP contribution in [0.3, 0.4) is 0 Å². The van der Waals surface area contributed by atoms with E-state index < -0.39 is 85.1 Å². The Kier molecular flexibility index (Phi) is 7.57. The summed E-state index contributed by atoms with van der Waals surface area (Å²) in [6.45, 7) is 1.15. The molecular formula is C26H34N2O10. The molecule has 12 nitrogen and oxygen atoms in total. The average molecular weight is 535 g/mol. The molecule has 2 heterocycles. The normalized spacial score (nSPS) is 43.1. The zero-order valence-corrected chi connectivity index (χ0v) is 20.9. The van der Waals surface area contributed by atoms with E-state index in [0.717, 1.165) is 5.56 Å². The number of carbonyl (C=O) groups is 2. The number of carbonyl (C=O) groups excluding carboxylic acids is 2. The fraction of sp³-hybridized carbons (Fsp3) is 0.654. The molecule has 0 bridgehead atoms. The Morgan fingerprint density at radius 2 is 1.66 bits per heavy atom. The molecule has 12 heteroatoms. The molecule has 0 aromatic heterocycles. The molecule has 2 aliphatic carbocycles. The van der Waals surface area contributed by atoms with E-state index in [9.17, 15) is 40.2 Å². The van der Waals surface area contributed by atoms with Crippen LogP contribution in [0.2, 0.25) is 0 Å². The number of imide groups is 1. The number of fused-ring (bicyclic) bond motifs is 3. The maximum Gasteiger partial charge on any atom is 0.256 e. The first kappa shape index (κ1) is 27.1. The summed E-state index contributed by atoms with van der Waals surface area (Å²) in [5.41, 5.74) is 1.14. The first-order valence-corrected chi connectivity index (χ1v) is 13.0. The van der Waals surface area contributed by atoms with Crippen molar-refractivity contribution in [3.8, 4) is 0 Å². The van der Waals surface area contributed by atoms with Gasteiger partial charge in [-0.3, -0.25) is 14.5 Å². The van der Waals surface area contributed by atoms with Gasteiger partial charge in [0, 0.05) is 18.3 Å². The van der Waals surface area contributed by atoms with Crippen LogP contribution in [0.25, 0.3) is 0 Å². The van der Waals surface area contributed by atoms with E-state index in [1.165, 1.54) is 4.90 Å². The minimum Gasteiger partial charge on any atom is -0.394 e. The van der Waals surface area contributed by atoms with Crippen molar-refractivity contribution in [3.63, 3.8) is 0 Å². The van der Waals surface area contributed by atoms with E-state index in [2.05, 4.69) is 5.16 Å². The van der Waals surface area contributed by atoms with Crippen molar-refractivity contribution in [1.29, 1.82) is 0 Å². The highest BCUT2D eigenvalue weighted by Gasteiger charge is 2.60. The number of amides is 2. The lowest BCUT2D eigenvalue weighted by Gasteiger charge is -2.45. The fourth-order valence-electron chi connectivity index (χ4n) is 6.53. The van der Waals surface area contributed by atoms with E-state index in [0.29, 0.717) is 18.6 Å². The van der Waals surface area contributed by atoms with Crippen LogP contribution in [0.4, 0.5) is 0 Å². The topological polar surface area (TPSA) is 190 Å². The molecule has 38 heavy (non-hydrogen) atoms. The van der Waals surface area contributed by atoms with Gasteiger partial charge in [0.25, 0.3) is 6.29 Å². The molecule has 4 fully saturated rings. The Balaban J connectivity index is 1.39. The van der Waals surface area contributed by atoms with Crippen LogP contribution in [0.1, 0.15) is 37.8 Å². The highest BCUT2D eigenvalue weighted by atomic mass is 16.8. The smallest absolute Gasteiger partial charge is 0.256 e. The predicted octanol–water partition coefficient (Wildman–Crippen LogP) is -1.33. The second kappa shape index (κ2) is 10.6. The van der Waals surface area contributed by atoms with E-state index in [1.54, 1.807) is 6.92 Å². The maximum atomic E-state index is 13.7. The summed E-state index contributed by atoms with van der Waals surface area (Å²) in [5, 5.41) is 65.4. The highest BCUT2D eigenvalue weighted by molar-refractivity contribution is 6.06. The number of hydrogen-bond donors (Lipinski definition) is 6. The van der Waals surface area contributed by atoms with Gasteiger partial charge in [-0.05, 0) is 25.3 Å². The van der Waals surface area contributed by atoms with Crippen LogP contribution in [-0.2, 0) is 19.2 Å². The molecule has 6 N–H and O–H groups in total. The fourth-order valence-corrected chi connectivity index (χ4v) is 6.53. The molecule has 2 saturated heterocycles. The largest absolute Gasteiger partial charge is 0.394 e. The van der Waals surface area contributed by atoms with Gasteiger partial charge in [-0.25, -0.2) is 0 Å². The highest BCUT2D eigenvalue weighted by Crippen LogP contribution is 2.51. The lowest BCUT2D eigenvalue weighted by atomic mass is 9.60. The van der Waals surface area contributed by atoms with Gasteiger partial charge in [-0.2, -0.15) is 0 Å². The monoisotopic (exact) mass is 534 g/mol. The molecule has 2 aliphatic heterocycles. The van der Waals surface area contributed by atoms with Gasteiger partial charge in [0.2, 0.25) is 11.8 Å². The SMILES string of the molecule is C[C@@H](c1ccccc1)N1C(=O)[C@H]2[C@H]3[C@H](O)[C@H](O)C/C(=N\O[C@@H]4O[C@H](CO)[C@@H](O)[C@H](O)[C@H]4O)[C@H]3CC[C@H]2C1=O. The Bertz CT molecular complexity index is 1070. The van der Waals surface area contributed by atoms with Crippen LogP contribution in [0, 0.1) is 23.7 Å². The van der Waals surface area contributed by atoms with E-state index in [-0.39, 0.29) is 12.3 Å². The predicted molar refractivity (Wildman–Crippen MR) is 129 cm³/mol. The maximum absolute atomic E-state index is 13.7. The Morgan fingerprint density at radius 1 is 0.974 bits per heavy atom. The molecule has 1 aromatic carbocycles. The summed E-state index contributed by atoms with van der Waals surface area (Å²) in [6.07, 6.45) is -9.34. The molecule has 5 rings (SSSR count). The van der Waals surface area contributed by atoms with Gasteiger partial charge in [0.05, 0.1) is 42.4 Å². The molecule has 2 saturated carbocycles. The first-order chi connectivity index (χ1) is 18.1. The number of benzene rings is 1. The third-order valence-corrected chi connectivity index (χ3v) is 8.61. The van der Waals surface area contributed by atoms with Crippen molar-refractivity contribution in [2.75, 3.05) is 6.61 Å². The number of likely N-dealkylation sites (tertiary alicyclic amines) is 1. The standard InChI is InChI=1S/C26H34N2O10/c1-11(12-5-3-2-4-6-12)28-24(35)14-8-7-13-15(9-16(30)20(31)18(13)19(14)25(28)36)27-38-26-23(34)22(33)21(32)17(10-29)37-26/h2-6,11,13-14,16-23,26,29-34H,7-10H2,1H3/b27-15+/t11-,13+,14+,16+,17+,18-,19+,20+,21+,22-,23+,26-/m0/s1. The van der Waals surface area contributed by atoms with Crippen LogP contribution in [0.5, 0.6) is 0 Å². The Morgan fingerprint density at radius 3 is 2.34 bits per heavy atom. The zero-order valence-electron chi connectivity index (χ0n) is 20.9. The van der Waals surface area contributed by atoms with Crippen molar-refractivity contribution >= 4 is 17.5 Å². The summed E-state index contributed by atoms with van der Waals surface area (Å²) in [5.74, 6) is -3.41. The van der Waals surface area contributed by atoms with Crippen LogP contribution < -0.4 is 0 Å². The third kappa shape index (κ3) is 4.43. The molecule has 208 valence electrons. The lowest BCUT2D eigenvalue weighted by molar-refractivity contribution is -0.301. The van der Waals surface area contributed by atoms with Crippen LogP contribution in [-0.4, -0.2) is 103 Å². The Hall–Kier alpha value is -2.45. The molecule has 4 aliphatic rings. The molecule has 0 spiro atoms. The van der Waals surface area contributed by atoms with Crippen molar-refractivity contribution in [2.45, 2.75) is 75.1 Å². The van der Waals surface area contributed by atoms with Gasteiger partial charge in [0.1, 0.15) is 24.4 Å². The van der Waals surface area contributed by atoms with Crippen LogP contribution >= 0.6 is 0 Å². The number of aliphatic hydroxyl groups excluding tert-OH is 6. The first-order valence-electron chi connectivity index (χ1n) is 13.0. The number of nitrogens with zero attached hydrogens (tertiary/aromatic N) is 2. The summed E-state index contributed by atoms with van der Waals surface area (Å²) in [7, 11) is 0. The van der Waals surface area contributed by atoms with Gasteiger partial charge >= 0.3 is 0 Å². The van der Waals surface area contributed by atoms with Crippen molar-refractivity contribution in [3.05, 3.63) is 35.9 Å². The third-order valence-electron chi connectivity index (χ3n) is 8.61. The van der Waals surface area contributed by atoms with Crippen molar-refractivity contribution in [1.82, 2.24) is 4.90 Å². The minimum absolute atomic E-state index is 0.0661. The summed E-state index contributed by atoms with van der Waals surface area (Å²) >= 11 is 0. The minimum atomic E-state index is -1.66. The van der Waals surface area contributed by atoms with Gasteiger partial charge in [0.15, 0.2) is 0 Å². The molecular weight excluding hydrogens is 500 g/mol. The quantitative estimate of drug-likeness (QED) is 0.195. The van der Waals surface area contributed by atoms with E-state index in [1.807, 2.05) is 30.3 Å². The molecule has 0 unspecified atom stereocenters. The summed E-state index contributed by atoms with van der Waals surface area (Å²) < 4.78 is 5.33. The van der Waals surface area contributed by atoms with Crippen LogP contribution in [0.15, 0.2) is 35.5 Å². The van der Waals surface area contributed by atoms with Crippen molar-refractivity contribution in [2.24, 2.45) is 28.8 Å². The number of rotatable bonds is 5. The summed E-state index contributed by atoms with van der Waals surface area (Å²) in [6, 6.07) is 8.71. The molecule has 0 radical (unpaired) electrons. The van der Waals surface area contributed by atoms with Gasteiger partial charge < -0.3 is 40.2 Å². The molecule has 12 atom stereocenters. The molecule has 2 amide bonds. The Labute approximate surface area is 219 Å². The number of oxime groups is 1. The summed E-state index contributed by atoms with van der Waals surface area (Å²) in [4.78, 5) is 33.7. The van der Waals surface area contributed by atoms with E-state index >= 15 is 0 Å². The number of aliphatic hydroxyl groups is 6. The number of hydrogen-bond acceptors (Lipinski definition) is 11. The lowest BCUT2D eigenvalue weighted by Crippen LogP contribution is -2.59. The van der Waals surface area contributed by atoms with Gasteiger partial charge in [-0.15, -0.1) is 0 Å². The molecule has 1 aromatic rings. The van der Waals surface area contributed by atoms with E-state index in [4.69, 9.17) is 9.57 Å². The second-order valence-corrected chi connectivity index (χ2v) is 10.7. The second-order valence-electron chi connectivity index (χ2n) is 10.7. The average Bonchev–Trinajstić information content (AvgIpc) is 3.18. The number of ether oxygens (including phenoxy) is 1.